The number of ether oxygens (including phenoxy) is 3. The molecule has 2 amide bonds. The van der Waals surface area contributed by atoms with Gasteiger partial charge in [0.05, 0.1) is 32.3 Å². The van der Waals surface area contributed by atoms with Crippen LogP contribution in [-0.2, 0) is 30.4 Å². The molecule has 1 saturated heterocycles. The lowest BCUT2D eigenvalue weighted by atomic mass is 9.96. The highest BCUT2D eigenvalue weighted by molar-refractivity contribution is 5.87. The average molecular weight is 463 g/mol. The topological polar surface area (TPSA) is 85.4 Å². The van der Waals surface area contributed by atoms with Crippen molar-refractivity contribution in [2.45, 2.75) is 65.3 Å². The lowest BCUT2D eigenvalue weighted by Crippen LogP contribution is -2.52. The van der Waals surface area contributed by atoms with E-state index in [1.54, 1.807) is 11.9 Å². The number of methoxy groups -OCH3 is 1. The van der Waals surface area contributed by atoms with E-state index >= 15 is 0 Å². The van der Waals surface area contributed by atoms with Gasteiger partial charge in [-0.2, -0.15) is 0 Å². The van der Waals surface area contributed by atoms with E-state index in [2.05, 4.69) is 0 Å². The second-order valence-electron chi connectivity index (χ2n) is 9.80. The van der Waals surface area contributed by atoms with Crippen molar-refractivity contribution in [1.29, 1.82) is 0 Å². The third-order valence-electron chi connectivity index (χ3n) is 5.73. The molecule has 0 radical (unpaired) electrons. The summed E-state index contributed by atoms with van der Waals surface area (Å²) in [6.45, 7) is 10.1. The minimum absolute atomic E-state index is 0.123. The van der Waals surface area contributed by atoms with E-state index in [-0.39, 0.29) is 18.4 Å². The third-order valence-corrected chi connectivity index (χ3v) is 5.73. The van der Waals surface area contributed by atoms with E-state index in [0.29, 0.717) is 19.6 Å². The average Bonchev–Trinajstić information content (AvgIpc) is 3.16. The number of likely N-dealkylation sites (tertiary alicyclic amines) is 1. The molecule has 33 heavy (non-hydrogen) atoms. The standard InChI is InChI=1S/C25H38N2O6/c1-17(2)21(23(29)31-7)26(6)22(28)19-13-14-27(24(30)33-25(3,4)5)20(19)16-32-15-18-11-9-8-10-12-18/h8-12,17,19-21H,13-16H2,1-7H3/t19-,20+,21-/m0/s1. The van der Waals surface area contributed by atoms with E-state index < -0.39 is 35.7 Å². The van der Waals surface area contributed by atoms with Crippen LogP contribution in [0, 0.1) is 11.8 Å². The van der Waals surface area contributed by atoms with Gasteiger partial charge in [-0.05, 0) is 38.7 Å². The molecule has 0 saturated carbocycles. The number of benzene rings is 1. The van der Waals surface area contributed by atoms with Crippen molar-refractivity contribution in [2.24, 2.45) is 11.8 Å². The predicted molar refractivity (Wildman–Crippen MR) is 124 cm³/mol. The molecule has 1 aliphatic heterocycles. The van der Waals surface area contributed by atoms with Gasteiger partial charge in [0, 0.05) is 13.6 Å². The normalized spacial score (nSPS) is 19.3. The van der Waals surface area contributed by atoms with Gasteiger partial charge in [0.2, 0.25) is 5.91 Å². The van der Waals surface area contributed by atoms with Gasteiger partial charge in [-0.1, -0.05) is 44.2 Å². The van der Waals surface area contributed by atoms with E-state index in [4.69, 9.17) is 14.2 Å². The highest BCUT2D eigenvalue weighted by atomic mass is 16.6. The number of carbonyl (C=O) groups is 3. The Morgan fingerprint density at radius 3 is 2.33 bits per heavy atom. The summed E-state index contributed by atoms with van der Waals surface area (Å²) in [6.07, 6.45) is -0.00420. The maximum Gasteiger partial charge on any atom is 0.410 e. The van der Waals surface area contributed by atoms with Crippen LogP contribution in [0.25, 0.3) is 0 Å². The van der Waals surface area contributed by atoms with Crippen LogP contribution in [-0.4, -0.2) is 72.8 Å². The third kappa shape index (κ3) is 7.19. The summed E-state index contributed by atoms with van der Waals surface area (Å²) < 4.78 is 16.4. The molecule has 0 aromatic heterocycles. The Labute approximate surface area is 197 Å². The zero-order valence-corrected chi connectivity index (χ0v) is 20.9. The van der Waals surface area contributed by atoms with Gasteiger partial charge in [0.25, 0.3) is 0 Å². The van der Waals surface area contributed by atoms with Gasteiger partial charge < -0.3 is 24.0 Å². The second kappa shape index (κ2) is 11.5. The monoisotopic (exact) mass is 462 g/mol. The SMILES string of the molecule is COC(=O)[C@H](C(C)C)N(C)C(=O)[C@H]1CCN(C(=O)OC(C)(C)C)[C@@H]1COCc1ccccc1. The Bertz CT molecular complexity index is 805. The largest absolute Gasteiger partial charge is 0.467 e. The molecular weight excluding hydrogens is 424 g/mol. The molecule has 0 bridgehead atoms. The molecule has 8 heteroatoms. The first-order chi connectivity index (χ1) is 15.5. The molecule has 8 nitrogen and oxygen atoms in total. The molecule has 0 aliphatic carbocycles. The molecular formula is C25H38N2O6. The number of amides is 2. The Kier molecular flexibility index (Phi) is 9.28. The summed E-state index contributed by atoms with van der Waals surface area (Å²) in [6, 6.07) is 8.51. The lowest BCUT2D eigenvalue weighted by molar-refractivity contribution is -0.155. The van der Waals surface area contributed by atoms with Crippen molar-refractivity contribution < 1.29 is 28.6 Å². The molecule has 2 rings (SSSR count). The molecule has 0 spiro atoms. The van der Waals surface area contributed by atoms with Crippen molar-refractivity contribution in [3.8, 4) is 0 Å². The highest BCUT2D eigenvalue weighted by Gasteiger charge is 2.45. The van der Waals surface area contributed by atoms with Crippen LogP contribution in [0.5, 0.6) is 0 Å². The van der Waals surface area contributed by atoms with Gasteiger partial charge in [0.15, 0.2) is 0 Å². The Morgan fingerprint density at radius 1 is 1.15 bits per heavy atom. The zero-order valence-electron chi connectivity index (χ0n) is 20.9. The molecule has 1 aliphatic rings. The Hall–Kier alpha value is -2.61. The Balaban J connectivity index is 2.21. The van der Waals surface area contributed by atoms with Crippen LogP contribution >= 0.6 is 0 Å². The van der Waals surface area contributed by atoms with Crippen LogP contribution in [0.4, 0.5) is 4.79 Å². The van der Waals surface area contributed by atoms with Gasteiger partial charge in [-0.15, -0.1) is 0 Å². The highest BCUT2D eigenvalue weighted by Crippen LogP contribution is 2.30. The molecule has 1 fully saturated rings. The zero-order chi connectivity index (χ0) is 24.8. The number of hydrogen-bond donors (Lipinski definition) is 0. The first-order valence-electron chi connectivity index (χ1n) is 11.4. The summed E-state index contributed by atoms with van der Waals surface area (Å²) >= 11 is 0. The van der Waals surface area contributed by atoms with Crippen LogP contribution in [0.1, 0.15) is 46.6 Å². The van der Waals surface area contributed by atoms with Gasteiger partial charge in [0.1, 0.15) is 11.6 Å². The second-order valence-corrected chi connectivity index (χ2v) is 9.80. The smallest absolute Gasteiger partial charge is 0.410 e. The first-order valence-corrected chi connectivity index (χ1v) is 11.4. The molecule has 3 atom stereocenters. The molecule has 0 N–H and O–H groups in total. The molecule has 1 aromatic carbocycles. The number of nitrogens with zero attached hydrogens (tertiary/aromatic N) is 2. The maximum absolute atomic E-state index is 13.5. The van der Waals surface area contributed by atoms with Gasteiger partial charge >= 0.3 is 12.1 Å². The quantitative estimate of drug-likeness (QED) is 0.550. The van der Waals surface area contributed by atoms with Gasteiger partial charge in [-0.25, -0.2) is 9.59 Å². The van der Waals surface area contributed by atoms with E-state index in [0.717, 1.165) is 5.56 Å². The van der Waals surface area contributed by atoms with Crippen molar-refractivity contribution in [3.63, 3.8) is 0 Å². The van der Waals surface area contributed by atoms with Gasteiger partial charge in [-0.3, -0.25) is 4.79 Å². The van der Waals surface area contributed by atoms with Crippen LogP contribution in [0.15, 0.2) is 30.3 Å². The summed E-state index contributed by atoms with van der Waals surface area (Å²) in [5, 5.41) is 0. The van der Waals surface area contributed by atoms with Crippen molar-refractivity contribution in [2.75, 3.05) is 27.3 Å². The number of carbonyl (C=O) groups excluding carboxylic acids is 3. The number of hydrogen-bond acceptors (Lipinski definition) is 6. The van der Waals surface area contributed by atoms with Crippen molar-refractivity contribution in [1.82, 2.24) is 9.80 Å². The number of likely N-dealkylation sites (N-methyl/N-ethyl adjacent to an activating group) is 1. The summed E-state index contributed by atoms with van der Waals surface area (Å²) in [7, 11) is 2.93. The molecule has 1 heterocycles. The summed E-state index contributed by atoms with van der Waals surface area (Å²) in [4.78, 5) is 41.7. The van der Waals surface area contributed by atoms with Crippen LogP contribution in [0.2, 0.25) is 0 Å². The lowest BCUT2D eigenvalue weighted by Gasteiger charge is -2.34. The molecule has 184 valence electrons. The maximum atomic E-state index is 13.5. The fraction of sp³-hybridized carbons (Fsp3) is 0.640. The van der Waals surface area contributed by atoms with E-state index in [9.17, 15) is 14.4 Å². The van der Waals surface area contributed by atoms with E-state index in [1.165, 1.54) is 12.0 Å². The fourth-order valence-corrected chi connectivity index (χ4v) is 4.16. The van der Waals surface area contributed by atoms with E-state index in [1.807, 2.05) is 65.0 Å². The summed E-state index contributed by atoms with van der Waals surface area (Å²) in [5.41, 5.74) is 0.351. The van der Waals surface area contributed by atoms with Crippen LogP contribution in [0.3, 0.4) is 0 Å². The molecule has 1 aromatic rings. The van der Waals surface area contributed by atoms with Crippen molar-refractivity contribution >= 4 is 18.0 Å². The summed E-state index contributed by atoms with van der Waals surface area (Å²) in [5.74, 6) is -1.30. The minimum atomic E-state index is -0.705. The number of esters is 1. The molecule has 0 unspecified atom stereocenters. The predicted octanol–water partition coefficient (Wildman–Crippen LogP) is 3.48. The van der Waals surface area contributed by atoms with Crippen LogP contribution < -0.4 is 0 Å². The van der Waals surface area contributed by atoms with Crippen molar-refractivity contribution in [3.05, 3.63) is 35.9 Å². The first kappa shape index (κ1) is 26.6. The number of rotatable bonds is 8. The fourth-order valence-electron chi connectivity index (χ4n) is 4.16. The Morgan fingerprint density at radius 2 is 1.79 bits per heavy atom. The minimum Gasteiger partial charge on any atom is -0.467 e.